The topological polar surface area (TPSA) is 63.7 Å². The molecule has 0 aromatic carbocycles. The van der Waals surface area contributed by atoms with Crippen LogP contribution in [-0.2, 0) is 19.4 Å². The molecule has 2 atom stereocenters. The Balaban J connectivity index is 1.78. The van der Waals surface area contributed by atoms with Crippen LogP contribution < -0.4 is 0 Å². The molecule has 2 saturated heterocycles. The van der Waals surface area contributed by atoms with Gasteiger partial charge in [-0.15, -0.1) is 0 Å². The number of amides is 1. The van der Waals surface area contributed by atoms with Crippen molar-refractivity contribution >= 4 is 15.7 Å². The molecule has 0 spiro atoms. The summed E-state index contributed by atoms with van der Waals surface area (Å²) in [7, 11) is -1.21. The highest BCUT2D eigenvalue weighted by Crippen LogP contribution is 2.20. The zero-order chi connectivity index (χ0) is 13.2. The first-order valence-electron chi connectivity index (χ1n) is 6.55. The molecule has 0 aromatic rings. The van der Waals surface area contributed by atoms with Gasteiger partial charge in [0.15, 0.2) is 9.84 Å². The highest BCUT2D eigenvalue weighted by molar-refractivity contribution is 7.91. The van der Waals surface area contributed by atoms with Crippen LogP contribution >= 0.6 is 0 Å². The monoisotopic (exact) mass is 275 g/mol. The second-order valence-electron chi connectivity index (χ2n) is 5.24. The van der Waals surface area contributed by atoms with Crippen LogP contribution in [0.25, 0.3) is 0 Å². The summed E-state index contributed by atoms with van der Waals surface area (Å²) in [5.74, 6) is 0.364. The summed E-state index contributed by atoms with van der Waals surface area (Å²) in [5, 5.41) is 0. The summed E-state index contributed by atoms with van der Waals surface area (Å²) < 4.78 is 28.2. The summed E-state index contributed by atoms with van der Waals surface area (Å²) in [6.07, 6.45) is 4.12. The van der Waals surface area contributed by atoms with Gasteiger partial charge in [-0.25, -0.2) is 8.42 Å². The van der Waals surface area contributed by atoms with E-state index >= 15 is 0 Å². The molecule has 0 radical (unpaired) electrons. The van der Waals surface area contributed by atoms with Crippen LogP contribution in [0, 0.1) is 0 Å². The number of hydrogen-bond donors (Lipinski definition) is 0. The van der Waals surface area contributed by atoms with Gasteiger partial charge in [0.05, 0.1) is 17.6 Å². The van der Waals surface area contributed by atoms with Crippen molar-refractivity contribution in [3.63, 3.8) is 0 Å². The lowest BCUT2D eigenvalue weighted by Crippen LogP contribution is -2.38. The molecular formula is C12H21NO4S. The third-order valence-electron chi connectivity index (χ3n) is 3.85. The molecule has 6 heteroatoms. The SMILES string of the molecule is CN(C(=O)CC[C@@H]1CCCO1)[C@H]1CCS(=O)(=O)C1. The van der Waals surface area contributed by atoms with Crippen LogP contribution in [0.5, 0.6) is 0 Å². The standard InChI is InChI=1S/C12H21NO4S/c1-13(10-6-8-18(15,16)9-10)12(14)5-4-11-3-2-7-17-11/h10-11H,2-9H2,1H3/t10-,11-/m0/s1. The van der Waals surface area contributed by atoms with Gasteiger partial charge in [0, 0.05) is 26.1 Å². The van der Waals surface area contributed by atoms with Gasteiger partial charge in [0.25, 0.3) is 0 Å². The maximum Gasteiger partial charge on any atom is 0.222 e. The molecule has 2 aliphatic rings. The van der Waals surface area contributed by atoms with Crippen molar-refractivity contribution in [2.24, 2.45) is 0 Å². The predicted octanol–water partition coefficient (Wildman–Crippen LogP) is 0.591. The smallest absolute Gasteiger partial charge is 0.222 e. The average Bonchev–Trinajstić information content (AvgIpc) is 2.94. The Morgan fingerprint density at radius 3 is 2.72 bits per heavy atom. The second-order valence-corrected chi connectivity index (χ2v) is 7.46. The Hall–Kier alpha value is -0.620. The Kier molecular flexibility index (Phi) is 4.27. The van der Waals surface area contributed by atoms with E-state index in [4.69, 9.17) is 4.74 Å². The van der Waals surface area contributed by atoms with Crippen LogP contribution in [-0.4, -0.2) is 56.5 Å². The maximum atomic E-state index is 12.0. The van der Waals surface area contributed by atoms with Crippen LogP contribution in [0.1, 0.15) is 32.1 Å². The Bertz CT molecular complexity index is 400. The van der Waals surface area contributed by atoms with Crippen molar-refractivity contribution < 1.29 is 17.9 Å². The second kappa shape index (κ2) is 5.57. The predicted molar refractivity (Wildman–Crippen MR) is 68.0 cm³/mol. The molecule has 0 unspecified atom stereocenters. The van der Waals surface area contributed by atoms with E-state index in [0.717, 1.165) is 25.9 Å². The summed E-state index contributed by atoms with van der Waals surface area (Å²) in [4.78, 5) is 13.6. The number of carbonyl (C=O) groups excluding carboxylic acids is 1. The van der Waals surface area contributed by atoms with Gasteiger partial charge in [0.1, 0.15) is 0 Å². The molecule has 2 aliphatic heterocycles. The summed E-state index contributed by atoms with van der Waals surface area (Å²) in [6.45, 7) is 0.801. The molecule has 0 bridgehead atoms. The van der Waals surface area contributed by atoms with Crippen molar-refractivity contribution in [3.05, 3.63) is 0 Å². The van der Waals surface area contributed by atoms with E-state index in [-0.39, 0.29) is 29.6 Å². The molecular weight excluding hydrogens is 254 g/mol. The average molecular weight is 275 g/mol. The molecule has 0 N–H and O–H groups in total. The van der Waals surface area contributed by atoms with Gasteiger partial charge in [0.2, 0.25) is 5.91 Å². The lowest BCUT2D eigenvalue weighted by atomic mass is 10.1. The van der Waals surface area contributed by atoms with E-state index in [9.17, 15) is 13.2 Å². The summed E-state index contributed by atoms with van der Waals surface area (Å²) >= 11 is 0. The van der Waals surface area contributed by atoms with Crippen molar-refractivity contribution in [2.45, 2.75) is 44.2 Å². The lowest BCUT2D eigenvalue weighted by molar-refractivity contribution is -0.132. The van der Waals surface area contributed by atoms with Crippen LogP contribution in [0.3, 0.4) is 0 Å². The third kappa shape index (κ3) is 3.45. The number of hydrogen-bond acceptors (Lipinski definition) is 4. The van der Waals surface area contributed by atoms with Gasteiger partial charge < -0.3 is 9.64 Å². The Morgan fingerprint density at radius 2 is 2.17 bits per heavy atom. The fraction of sp³-hybridized carbons (Fsp3) is 0.917. The van der Waals surface area contributed by atoms with Crippen LogP contribution in [0.15, 0.2) is 0 Å². The maximum absolute atomic E-state index is 12.0. The van der Waals surface area contributed by atoms with Crippen LogP contribution in [0.2, 0.25) is 0 Å². The number of carbonyl (C=O) groups is 1. The zero-order valence-corrected chi connectivity index (χ0v) is 11.6. The minimum Gasteiger partial charge on any atom is -0.378 e. The Morgan fingerprint density at radius 1 is 1.39 bits per heavy atom. The van der Waals surface area contributed by atoms with Crippen LogP contribution in [0.4, 0.5) is 0 Å². The molecule has 0 saturated carbocycles. The number of sulfone groups is 1. The van der Waals surface area contributed by atoms with Crippen molar-refractivity contribution in [2.75, 3.05) is 25.2 Å². The molecule has 2 fully saturated rings. The number of nitrogens with zero attached hydrogens (tertiary/aromatic N) is 1. The lowest BCUT2D eigenvalue weighted by Gasteiger charge is -2.24. The van der Waals surface area contributed by atoms with E-state index in [1.54, 1.807) is 11.9 Å². The first kappa shape index (κ1) is 13.8. The summed E-state index contributed by atoms with van der Waals surface area (Å²) in [6, 6.07) is -0.132. The molecule has 5 nitrogen and oxygen atoms in total. The molecule has 18 heavy (non-hydrogen) atoms. The van der Waals surface area contributed by atoms with Crippen molar-refractivity contribution in [1.82, 2.24) is 4.90 Å². The first-order valence-corrected chi connectivity index (χ1v) is 8.38. The minimum atomic E-state index is -2.92. The molecule has 2 rings (SSSR count). The molecule has 0 aromatic heterocycles. The van der Waals surface area contributed by atoms with E-state index in [1.807, 2.05) is 0 Å². The van der Waals surface area contributed by atoms with E-state index in [2.05, 4.69) is 0 Å². The third-order valence-corrected chi connectivity index (χ3v) is 5.60. The molecule has 2 heterocycles. The van der Waals surface area contributed by atoms with Gasteiger partial charge in [-0.1, -0.05) is 0 Å². The van der Waals surface area contributed by atoms with E-state index in [0.29, 0.717) is 12.8 Å². The first-order chi connectivity index (χ1) is 8.48. The molecule has 0 aliphatic carbocycles. The zero-order valence-electron chi connectivity index (χ0n) is 10.8. The van der Waals surface area contributed by atoms with Crippen molar-refractivity contribution in [3.8, 4) is 0 Å². The van der Waals surface area contributed by atoms with Gasteiger partial charge in [-0.2, -0.15) is 0 Å². The molecule has 1 amide bonds. The fourth-order valence-corrected chi connectivity index (χ4v) is 4.39. The highest BCUT2D eigenvalue weighted by atomic mass is 32.2. The Labute approximate surface area is 108 Å². The minimum absolute atomic E-state index is 0.0348. The number of rotatable bonds is 4. The van der Waals surface area contributed by atoms with Gasteiger partial charge in [-0.05, 0) is 25.7 Å². The highest BCUT2D eigenvalue weighted by Gasteiger charge is 2.32. The number of ether oxygens (including phenoxy) is 1. The van der Waals surface area contributed by atoms with Gasteiger partial charge in [-0.3, -0.25) is 4.79 Å². The summed E-state index contributed by atoms with van der Waals surface area (Å²) in [5.41, 5.74) is 0. The molecule has 104 valence electrons. The van der Waals surface area contributed by atoms with E-state index in [1.165, 1.54) is 0 Å². The quantitative estimate of drug-likeness (QED) is 0.753. The normalized spacial score (nSPS) is 30.5. The fourth-order valence-electron chi connectivity index (χ4n) is 2.62. The van der Waals surface area contributed by atoms with E-state index < -0.39 is 9.84 Å². The largest absolute Gasteiger partial charge is 0.378 e. The van der Waals surface area contributed by atoms with Gasteiger partial charge >= 0.3 is 0 Å². The van der Waals surface area contributed by atoms with Crippen molar-refractivity contribution in [1.29, 1.82) is 0 Å².